The quantitative estimate of drug-likeness (QED) is 0.615. The van der Waals surface area contributed by atoms with E-state index in [2.05, 4.69) is 10.2 Å². The molecule has 9 heteroatoms. The van der Waals surface area contributed by atoms with Crippen LogP contribution < -0.4 is 14.8 Å². The van der Waals surface area contributed by atoms with Gasteiger partial charge in [0, 0.05) is 26.1 Å². The van der Waals surface area contributed by atoms with Crippen molar-refractivity contribution in [1.29, 1.82) is 0 Å². The molecule has 0 bridgehead atoms. The lowest BCUT2D eigenvalue weighted by molar-refractivity contribution is -0.132. The lowest BCUT2D eigenvalue weighted by Gasteiger charge is -2.45. The first-order valence-corrected chi connectivity index (χ1v) is 12.5. The van der Waals surface area contributed by atoms with Crippen LogP contribution in [0.2, 0.25) is 0 Å². The summed E-state index contributed by atoms with van der Waals surface area (Å²) in [4.78, 5) is 43.8. The molecule has 0 aromatic heterocycles. The number of piperidine rings is 2. The standard InChI is InChI=1S/C25H34N4O5/c1-27(15-18-5-4-12-28-11-3-2-6-20(18)28)23(30)10-8-19-24(31)29(25(32)26-19)14-17-7-9-21-22(13-17)34-16-33-21/h7,9,13,18-20H,2-6,8,10-12,14-16H2,1H3,(H,26,32)/t18-,19-,20-/m0/s1. The lowest BCUT2D eigenvalue weighted by Crippen LogP contribution is -2.51. The van der Waals surface area contributed by atoms with Gasteiger partial charge in [0.05, 0.1) is 6.54 Å². The highest BCUT2D eigenvalue weighted by Gasteiger charge is 2.39. The number of nitrogens with one attached hydrogen (secondary N) is 1. The van der Waals surface area contributed by atoms with E-state index >= 15 is 0 Å². The third kappa shape index (κ3) is 4.71. The largest absolute Gasteiger partial charge is 0.454 e. The molecule has 3 fully saturated rings. The van der Waals surface area contributed by atoms with Crippen molar-refractivity contribution in [2.24, 2.45) is 5.92 Å². The van der Waals surface area contributed by atoms with Crippen molar-refractivity contribution in [3.8, 4) is 11.5 Å². The van der Waals surface area contributed by atoms with Crippen LogP contribution in [0.25, 0.3) is 0 Å². The minimum Gasteiger partial charge on any atom is -0.454 e. The Labute approximate surface area is 200 Å². The van der Waals surface area contributed by atoms with Gasteiger partial charge in [-0.1, -0.05) is 12.5 Å². The highest BCUT2D eigenvalue weighted by molar-refractivity contribution is 6.04. The monoisotopic (exact) mass is 470 g/mol. The fraction of sp³-hybridized carbons (Fsp3) is 0.640. The van der Waals surface area contributed by atoms with Crippen molar-refractivity contribution < 1.29 is 23.9 Å². The van der Waals surface area contributed by atoms with Crippen molar-refractivity contribution in [2.75, 3.05) is 33.5 Å². The topological polar surface area (TPSA) is 91.4 Å². The van der Waals surface area contributed by atoms with E-state index < -0.39 is 12.1 Å². The van der Waals surface area contributed by atoms with E-state index in [0.29, 0.717) is 29.9 Å². The number of urea groups is 1. The molecule has 1 aromatic carbocycles. The predicted molar refractivity (Wildman–Crippen MR) is 124 cm³/mol. The van der Waals surface area contributed by atoms with Gasteiger partial charge in [-0.2, -0.15) is 0 Å². The summed E-state index contributed by atoms with van der Waals surface area (Å²) in [6.07, 6.45) is 6.72. The molecule has 4 heterocycles. The third-order valence-corrected chi connectivity index (χ3v) is 7.69. The molecule has 0 spiro atoms. The first kappa shape index (κ1) is 23.0. The summed E-state index contributed by atoms with van der Waals surface area (Å²) in [6, 6.07) is 4.89. The van der Waals surface area contributed by atoms with Gasteiger partial charge in [0.1, 0.15) is 6.04 Å². The molecule has 4 aliphatic heterocycles. The van der Waals surface area contributed by atoms with E-state index in [0.717, 1.165) is 12.1 Å². The number of carbonyl (C=O) groups is 3. The van der Waals surface area contributed by atoms with E-state index in [1.54, 1.807) is 12.1 Å². The van der Waals surface area contributed by atoms with E-state index in [-0.39, 0.29) is 31.6 Å². The molecule has 4 aliphatic rings. The second kappa shape index (κ2) is 9.82. The Morgan fingerprint density at radius 3 is 2.82 bits per heavy atom. The fourth-order valence-corrected chi connectivity index (χ4v) is 5.85. The van der Waals surface area contributed by atoms with Gasteiger partial charge in [-0.15, -0.1) is 0 Å². The van der Waals surface area contributed by atoms with Crippen molar-refractivity contribution in [3.63, 3.8) is 0 Å². The first-order chi connectivity index (χ1) is 16.5. The molecule has 0 radical (unpaired) electrons. The van der Waals surface area contributed by atoms with Crippen LogP contribution in [-0.4, -0.2) is 78.1 Å². The van der Waals surface area contributed by atoms with Crippen LogP contribution in [0.5, 0.6) is 11.5 Å². The molecule has 5 rings (SSSR count). The minimum absolute atomic E-state index is 0.0317. The van der Waals surface area contributed by atoms with Gasteiger partial charge in [0.2, 0.25) is 12.7 Å². The van der Waals surface area contributed by atoms with Gasteiger partial charge >= 0.3 is 6.03 Å². The number of benzene rings is 1. The number of hydrogen-bond acceptors (Lipinski definition) is 6. The highest BCUT2D eigenvalue weighted by Crippen LogP contribution is 2.33. The lowest BCUT2D eigenvalue weighted by atomic mass is 9.83. The van der Waals surface area contributed by atoms with Crippen molar-refractivity contribution in [2.45, 2.75) is 63.6 Å². The van der Waals surface area contributed by atoms with E-state index in [1.807, 2.05) is 18.0 Å². The Balaban J connectivity index is 1.12. The predicted octanol–water partition coefficient (Wildman–Crippen LogP) is 2.34. The van der Waals surface area contributed by atoms with Crippen molar-refractivity contribution in [1.82, 2.24) is 20.0 Å². The molecule has 184 valence electrons. The summed E-state index contributed by atoms with van der Waals surface area (Å²) >= 11 is 0. The van der Waals surface area contributed by atoms with Crippen LogP contribution in [0.1, 0.15) is 50.5 Å². The summed E-state index contributed by atoms with van der Waals surface area (Å²) in [5.41, 5.74) is 0.786. The summed E-state index contributed by atoms with van der Waals surface area (Å²) < 4.78 is 10.7. The smallest absolute Gasteiger partial charge is 0.325 e. The maximum Gasteiger partial charge on any atom is 0.325 e. The molecule has 0 aliphatic carbocycles. The molecule has 1 aromatic rings. The number of hydrogen-bond donors (Lipinski definition) is 1. The van der Waals surface area contributed by atoms with Crippen molar-refractivity contribution >= 4 is 17.8 Å². The zero-order chi connectivity index (χ0) is 23.7. The first-order valence-electron chi connectivity index (χ1n) is 12.5. The number of rotatable bonds is 7. The van der Waals surface area contributed by atoms with Gasteiger partial charge in [-0.3, -0.25) is 14.5 Å². The van der Waals surface area contributed by atoms with Gasteiger partial charge in [-0.05, 0) is 68.8 Å². The highest BCUT2D eigenvalue weighted by atomic mass is 16.7. The van der Waals surface area contributed by atoms with Crippen LogP contribution in [0.15, 0.2) is 18.2 Å². The van der Waals surface area contributed by atoms with Crippen LogP contribution >= 0.6 is 0 Å². The summed E-state index contributed by atoms with van der Waals surface area (Å²) in [5.74, 6) is 1.54. The SMILES string of the molecule is CN(C[C@@H]1CCCN2CCCC[C@@H]12)C(=O)CC[C@@H]1NC(=O)N(Cc2ccc3c(c2)OCO3)C1=O. The van der Waals surface area contributed by atoms with E-state index in [4.69, 9.17) is 9.47 Å². The molecule has 3 saturated heterocycles. The average molecular weight is 471 g/mol. The second-order valence-electron chi connectivity index (χ2n) is 9.93. The number of nitrogens with zero attached hydrogens (tertiary/aromatic N) is 3. The van der Waals surface area contributed by atoms with Gasteiger partial charge in [0.15, 0.2) is 11.5 Å². The fourth-order valence-electron chi connectivity index (χ4n) is 5.85. The molecular weight excluding hydrogens is 436 g/mol. The number of fused-ring (bicyclic) bond motifs is 2. The minimum atomic E-state index is -0.664. The van der Waals surface area contributed by atoms with Gasteiger partial charge < -0.3 is 24.6 Å². The zero-order valence-electron chi connectivity index (χ0n) is 19.8. The zero-order valence-corrected chi connectivity index (χ0v) is 19.8. The molecule has 0 saturated carbocycles. The number of imide groups is 1. The Morgan fingerprint density at radius 1 is 1.12 bits per heavy atom. The Bertz CT molecular complexity index is 951. The third-order valence-electron chi connectivity index (χ3n) is 7.69. The normalized spacial score (nSPS) is 26.4. The molecular formula is C25H34N4O5. The van der Waals surface area contributed by atoms with E-state index in [1.165, 1.54) is 50.1 Å². The Kier molecular flexibility index (Phi) is 6.63. The Morgan fingerprint density at radius 2 is 1.94 bits per heavy atom. The second-order valence-corrected chi connectivity index (χ2v) is 9.93. The van der Waals surface area contributed by atoms with Crippen LogP contribution in [0, 0.1) is 5.92 Å². The molecule has 34 heavy (non-hydrogen) atoms. The maximum absolute atomic E-state index is 12.9. The van der Waals surface area contributed by atoms with Gasteiger partial charge in [0.25, 0.3) is 5.91 Å². The molecule has 1 N–H and O–H groups in total. The van der Waals surface area contributed by atoms with E-state index in [9.17, 15) is 14.4 Å². The van der Waals surface area contributed by atoms with Crippen LogP contribution in [-0.2, 0) is 16.1 Å². The molecule has 0 unspecified atom stereocenters. The van der Waals surface area contributed by atoms with Crippen LogP contribution in [0.4, 0.5) is 4.79 Å². The van der Waals surface area contributed by atoms with Crippen molar-refractivity contribution in [3.05, 3.63) is 23.8 Å². The summed E-state index contributed by atoms with van der Waals surface area (Å²) in [5, 5.41) is 2.74. The van der Waals surface area contributed by atoms with Crippen LogP contribution in [0.3, 0.4) is 0 Å². The number of ether oxygens (including phenoxy) is 2. The molecule has 4 amide bonds. The number of amides is 4. The summed E-state index contributed by atoms with van der Waals surface area (Å²) in [6.45, 7) is 3.47. The summed E-state index contributed by atoms with van der Waals surface area (Å²) in [7, 11) is 1.87. The molecule has 3 atom stereocenters. The average Bonchev–Trinajstić information content (AvgIpc) is 3.42. The maximum atomic E-state index is 12.9. The van der Waals surface area contributed by atoms with Gasteiger partial charge in [-0.25, -0.2) is 4.79 Å². The Hall–Kier alpha value is -2.81. The molecule has 9 nitrogen and oxygen atoms in total. The number of carbonyl (C=O) groups excluding carboxylic acids is 3.